The summed E-state index contributed by atoms with van der Waals surface area (Å²) < 4.78 is 22.6. The fraction of sp³-hybridized carbons (Fsp3) is 0. The van der Waals surface area contributed by atoms with E-state index < -0.39 is 0 Å². The van der Waals surface area contributed by atoms with Crippen molar-refractivity contribution in [1.29, 1.82) is 0 Å². The normalized spacial score (nSPS) is 11.7. The summed E-state index contributed by atoms with van der Waals surface area (Å²) in [5.74, 6) is 3.23. The lowest BCUT2D eigenvalue weighted by atomic mass is 10.0. The summed E-state index contributed by atoms with van der Waals surface area (Å²) in [5.41, 5.74) is 34.7. The van der Waals surface area contributed by atoms with E-state index in [0.29, 0.717) is 5.82 Å². The predicted molar refractivity (Wildman–Crippen MR) is 601 cm³/mol. The highest BCUT2D eigenvalue weighted by molar-refractivity contribution is 6.14. The van der Waals surface area contributed by atoms with Crippen LogP contribution >= 0.6 is 0 Å². The number of rotatable bonds is 14. The Morgan fingerprint density at radius 3 is 0.774 bits per heavy atom. The first-order valence-electron chi connectivity index (χ1n) is 49.3. The first kappa shape index (κ1) is 84.2. The van der Waals surface area contributed by atoms with Crippen LogP contribution in [-0.2, 0) is 0 Å². The highest BCUT2D eigenvalue weighted by Crippen LogP contribution is 2.46. The number of hydrogen-bond donors (Lipinski definition) is 0. The molecular formula is C133H86N12O. The summed E-state index contributed by atoms with van der Waals surface area (Å²) >= 11 is 0. The van der Waals surface area contributed by atoms with E-state index in [-0.39, 0.29) is 0 Å². The van der Waals surface area contributed by atoms with Crippen molar-refractivity contribution < 1.29 is 4.42 Å². The molecule has 21 aromatic carbocycles. The number of benzene rings is 21. The van der Waals surface area contributed by atoms with Gasteiger partial charge < -0.3 is 22.7 Å². The Morgan fingerprint density at radius 2 is 0.404 bits per heavy atom. The molecule has 0 bridgehead atoms. The lowest BCUT2D eigenvalue weighted by Crippen LogP contribution is -2.02. The summed E-state index contributed by atoms with van der Waals surface area (Å²) in [6, 6.07) is 184. The van der Waals surface area contributed by atoms with Gasteiger partial charge in [-0.3, -0.25) is 13.7 Å². The van der Waals surface area contributed by atoms with Crippen LogP contribution in [0.4, 0.5) is 0 Å². The van der Waals surface area contributed by atoms with Crippen LogP contribution in [0.1, 0.15) is 0 Å². The van der Waals surface area contributed by atoms with Gasteiger partial charge in [0, 0.05) is 127 Å². The third-order valence-corrected chi connectivity index (χ3v) is 28.4. The van der Waals surface area contributed by atoms with E-state index in [4.69, 9.17) is 29.3 Å². The second kappa shape index (κ2) is 35.2. The number of para-hydroxylation sites is 17. The third kappa shape index (κ3) is 14.4. The Morgan fingerprint density at radius 1 is 0.137 bits per heavy atom. The van der Waals surface area contributed by atoms with Crippen molar-refractivity contribution in [3.8, 4) is 119 Å². The summed E-state index contributed by atoms with van der Waals surface area (Å²) in [4.78, 5) is 26.2. The molecule has 0 spiro atoms. The average molecular weight is 1870 g/mol. The quantitative estimate of drug-likeness (QED) is 0.107. The van der Waals surface area contributed by atoms with E-state index in [2.05, 4.69) is 493 Å². The Kier molecular flexibility index (Phi) is 20.3. The molecule has 146 heavy (non-hydrogen) atoms. The van der Waals surface area contributed by atoms with Gasteiger partial charge in [-0.05, 0) is 217 Å². The molecule has 0 saturated heterocycles. The Balaban J connectivity index is 0.000000106. The first-order chi connectivity index (χ1) is 72.4. The fourth-order valence-electron chi connectivity index (χ4n) is 22.0. The molecule has 0 aliphatic rings. The topological polar surface area (TPSA) is 112 Å². The number of aromatic nitrogens is 12. The molecule has 13 nitrogen and oxygen atoms in total. The van der Waals surface area contributed by atoms with E-state index in [1.54, 1.807) is 0 Å². The van der Waals surface area contributed by atoms with Crippen LogP contribution in [0.25, 0.3) is 261 Å². The first-order valence-corrected chi connectivity index (χ1v) is 49.3. The maximum Gasteiger partial charge on any atom is 0.160 e. The van der Waals surface area contributed by atoms with E-state index in [1.807, 2.05) is 60.7 Å². The molecule has 0 N–H and O–H groups in total. The lowest BCUT2D eigenvalue weighted by Gasteiger charge is -2.16. The maximum absolute atomic E-state index is 6.36. The molecular weight excluding hydrogens is 1780 g/mol. The van der Waals surface area contributed by atoms with Crippen LogP contribution in [0.3, 0.4) is 0 Å². The molecule has 0 aliphatic heterocycles. The van der Waals surface area contributed by atoms with Gasteiger partial charge in [0.2, 0.25) is 0 Å². The zero-order valence-electron chi connectivity index (χ0n) is 78.9. The van der Waals surface area contributed by atoms with Crippen molar-refractivity contribution in [1.82, 2.24) is 56.9 Å². The van der Waals surface area contributed by atoms with Gasteiger partial charge >= 0.3 is 0 Å². The van der Waals surface area contributed by atoms with Crippen LogP contribution in [0.5, 0.6) is 0 Å². The molecule has 684 valence electrons. The number of furan rings is 1. The maximum atomic E-state index is 6.36. The van der Waals surface area contributed by atoms with Gasteiger partial charge in [-0.2, -0.15) is 0 Å². The highest BCUT2D eigenvalue weighted by atomic mass is 16.3. The van der Waals surface area contributed by atoms with Crippen molar-refractivity contribution >= 4 is 142 Å². The molecule has 0 fully saturated rings. The van der Waals surface area contributed by atoms with E-state index >= 15 is 0 Å². The Bertz CT molecular complexity index is 9630. The Hall–Kier alpha value is -19.9. The number of fused-ring (bicyclic) bond motifs is 18. The van der Waals surface area contributed by atoms with Gasteiger partial charge in [0.1, 0.15) is 28.6 Å². The van der Waals surface area contributed by atoms with Crippen molar-refractivity contribution in [2.75, 3.05) is 0 Å². The summed E-state index contributed by atoms with van der Waals surface area (Å²) in [6.07, 6.45) is 0. The molecule has 9 aromatic heterocycles. The van der Waals surface area contributed by atoms with Crippen LogP contribution in [0.15, 0.2) is 526 Å². The van der Waals surface area contributed by atoms with Crippen LogP contribution in [0.2, 0.25) is 0 Å². The van der Waals surface area contributed by atoms with Crippen LogP contribution in [0, 0.1) is 0 Å². The minimum absolute atomic E-state index is 0.697. The Labute approximate surface area is 838 Å². The second-order valence-electron chi connectivity index (χ2n) is 37.0. The van der Waals surface area contributed by atoms with Crippen LogP contribution in [-0.4, -0.2) is 56.9 Å². The standard InChI is InChI=1S/C46H30N4.C45H30N6.C42H26N2O/c1-3-15-31(16-4-1)40-30-41(48-46(47-40)32-17-5-2-6-18-32)33-27-34(49-42-23-11-7-19-36(42)37-20-8-12-24-43(37)49)29-35(28-33)50-44-25-13-9-21-38(44)39-22-10-14-26-45(39)50;1-4-16-34(17-5-1)49-40-25-13-10-22-37(40)46-43(49)31-28-32(44-47-38-23-11-14-26-41(38)50(44)35-18-6-2-7-19-35)30-33(29-31)45-48-39-24-12-15-27-42(39)51(45)36-20-8-3-9-21-36;1-5-16-37-31(12-1)32-13-2-6-17-38(32)43(37)29-11-9-10-27(24-29)28-20-22-41-35(25-28)36-26-30(21-23-42(36)45-41)44-39-18-7-3-14-33(39)34-15-4-8-19-40(34)44/h1-30H;1-30H;1-26H. The molecule has 13 heteroatoms. The minimum Gasteiger partial charge on any atom is -0.456 e. The van der Waals surface area contributed by atoms with E-state index in [0.717, 1.165) is 185 Å². The molecule has 30 rings (SSSR count). The summed E-state index contributed by atoms with van der Waals surface area (Å²) in [6.45, 7) is 0. The summed E-state index contributed by atoms with van der Waals surface area (Å²) in [5, 5.41) is 12.2. The molecule has 0 aliphatic carbocycles. The monoisotopic (exact) mass is 1870 g/mol. The molecule has 9 heterocycles. The average Bonchev–Trinajstić information content (AvgIpc) is 1.56. The van der Waals surface area contributed by atoms with Crippen LogP contribution < -0.4 is 0 Å². The van der Waals surface area contributed by atoms with E-state index in [9.17, 15) is 0 Å². The zero-order chi connectivity index (χ0) is 96.2. The van der Waals surface area contributed by atoms with Gasteiger partial charge in [-0.25, -0.2) is 24.9 Å². The van der Waals surface area contributed by atoms with E-state index in [1.165, 1.54) is 70.7 Å². The van der Waals surface area contributed by atoms with Gasteiger partial charge in [-0.15, -0.1) is 0 Å². The SMILES string of the molecule is c1cc(-c2ccc3oc4ccc(-n5c6ccccc6c6ccccc65)cc4c3c2)cc(-n2c3ccccc3c3ccccc32)c1.c1ccc(-c2cc(-c3cc(-n4c5ccccc5c5ccccc54)cc(-n4c5ccccc5c5ccccc54)c3)nc(-c3ccccc3)n2)cc1.c1ccc(-n2c(-c3cc(-c4nc5ccccc5n4-c4ccccc4)cc(-c4nc5ccccc5n4-c4ccccc4)c3)nc3ccccc32)cc1. The molecule has 0 amide bonds. The van der Waals surface area contributed by atoms with Gasteiger partial charge in [0.15, 0.2) is 5.82 Å². The third-order valence-electron chi connectivity index (χ3n) is 28.4. The largest absolute Gasteiger partial charge is 0.456 e. The molecule has 30 aromatic rings. The number of hydrogen-bond acceptors (Lipinski definition) is 6. The number of imidazole rings is 3. The van der Waals surface area contributed by atoms with Crippen molar-refractivity contribution in [2.24, 2.45) is 0 Å². The zero-order valence-corrected chi connectivity index (χ0v) is 78.9. The highest BCUT2D eigenvalue weighted by Gasteiger charge is 2.27. The lowest BCUT2D eigenvalue weighted by molar-refractivity contribution is 0.669. The molecule has 0 radical (unpaired) electrons. The molecule has 0 saturated carbocycles. The van der Waals surface area contributed by atoms with Gasteiger partial charge in [-0.1, -0.05) is 315 Å². The van der Waals surface area contributed by atoms with Crippen molar-refractivity contribution in [3.05, 3.63) is 522 Å². The predicted octanol–water partition coefficient (Wildman–Crippen LogP) is 33.8. The molecule has 0 unspecified atom stereocenters. The molecule has 0 atom stereocenters. The minimum atomic E-state index is 0.697. The smallest absolute Gasteiger partial charge is 0.160 e. The second-order valence-corrected chi connectivity index (χ2v) is 37.0. The van der Waals surface area contributed by atoms with Gasteiger partial charge in [0.25, 0.3) is 0 Å². The summed E-state index contributed by atoms with van der Waals surface area (Å²) in [7, 11) is 0. The van der Waals surface area contributed by atoms with Crippen molar-refractivity contribution in [3.63, 3.8) is 0 Å². The fourth-order valence-corrected chi connectivity index (χ4v) is 22.0. The number of nitrogens with zero attached hydrogens (tertiary/aromatic N) is 12. The van der Waals surface area contributed by atoms with Gasteiger partial charge in [0.05, 0.1) is 88.6 Å². The van der Waals surface area contributed by atoms with Crippen molar-refractivity contribution in [2.45, 2.75) is 0 Å².